The number of nitrogens with one attached hydrogen (secondary N) is 1. The summed E-state index contributed by atoms with van der Waals surface area (Å²) in [5.41, 5.74) is 6.81. The van der Waals surface area contributed by atoms with Crippen molar-refractivity contribution in [3.05, 3.63) is 30.5 Å². The first-order valence-electron chi connectivity index (χ1n) is 4.64. The van der Waals surface area contributed by atoms with Gasteiger partial charge in [0.15, 0.2) is 0 Å². The van der Waals surface area contributed by atoms with Crippen molar-refractivity contribution in [1.82, 2.24) is 10.2 Å². The Bertz CT molecular complexity index is 488. The molecule has 1 aromatic heterocycles. The van der Waals surface area contributed by atoms with E-state index in [1.54, 1.807) is 19.2 Å². The van der Waals surface area contributed by atoms with E-state index in [1.165, 1.54) is 6.20 Å². The zero-order valence-corrected chi connectivity index (χ0v) is 8.71. The summed E-state index contributed by atoms with van der Waals surface area (Å²) in [6.07, 6.45) is 1.52. The van der Waals surface area contributed by atoms with E-state index in [-0.39, 0.29) is 0 Å². The Morgan fingerprint density at radius 1 is 1.25 bits per heavy atom. The first kappa shape index (κ1) is 10.2. The summed E-state index contributed by atoms with van der Waals surface area (Å²) in [5.74, 6) is 1.18. The van der Waals surface area contributed by atoms with Gasteiger partial charge in [-0.2, -0.15) is 10.2 Å². The number of azo groups is 1. The molecule has 0 aliphatic heterocycles. The Labute approximate surface area is 92.2 Å². The molecule has 0 saturated heterocycles. The van der Waals surface area contributed by atoms with Crippen molar-refractivity contribution in [3.8, 4) is 5.75 Å². The van der Waals surface area contributed by atoms with E-state index in [1.807, 2.05) is 12.1 Å². The highest BCUT2D eigenvalue weighted by Crippen LogP contribution is 2.23. The molecule has 2 rings (SSSR count). The quantitative estimate of drug-likeness (QED) is 0.773. The fourth-order valence-corrected chi connectivity index (χ4v) is 1.13. The van der Waals surface area contributed by atoms with E-state index >= 15 is 0 Å². The third-order valence-electron chi connectivity index (χ3n) is 1.99. The lowest BCUT2D eigenvalue weighted by Gasteiger charge is -1.97. The average Bonchev–Trinajstić information content (AvgIpc) is 2.73. The van der Waals surface area contributed by atoms with Gasteiger partial charge in [-0.05, 0) is 24.3 Å². The number of methoxy groups -OCH3 is 1. The number of hydrogen-bond donors (Lipinski definition) is 2. The first-order valence-corrected chi connectivity index (χ1v) is 4.64. The molecule has 0 fully saturated rings. The highest BCUT2D eigenvalue weighted by Gasteiger charge is 1.98. The highest BCUT2D eigenvalue weighted by molar-refractivity contribution is 5.55. The van der Waals surface area contributed by atoms with Crippen LogP contribution in [0.15, 0.2) is 40.7 Å². The molecular weight excluding hydrogens is 206 g/mol. The van der Waals surface area contributed by atoms with Gasteiger partial charge in [0, 0.05) is 0 Å². The SMILES string of the molecule is COc1ccc(N=Nc2cn[nH]c2N)cc1. The Hall–Kier alpha value is -2.37. The minimum atomic E-state index is 0.400. The molecule has 2 aromatic rings. The minimum absolute atomic E-state index is 0.400. The van der Waals surface area contributed by atoms with Gasteiger partial charge < -0.3 is 10.5 Å². The fraction of sp³-hybridized carbons (Fsp3) is 0.100. The Morgan fingerprint density at radius 3 is 2.56 bits per heavy atom. The summed E-state index contributed by atoms with van der Waals surface area (Å²) in [7, 11) is 1.61. The van der Waals surface area contributed by atoms with Gasteiger partial charge >= 0.3 is 0 Å². The molecule has 6 nitrogen and oxygen atoms in total. The van der Waals surface area contributed by atoms with E-state index in [0.29, 0.717) is 11.5 Å². The van der Waals surface area contributed by atoms with Crippen LogP contribution in [-0.4, -0.2) is 17.3 Å². The summed E-state index contributed by atoms with van der Waals surface area (Å²) in [4.78, 5) is 0. The molecule has 0 saturated carbocycles. The number of aromatic amines is 1. The van der Waals surface area contributed by atoms with Gasteiger partial charge in [0.05, 0.1) is 19.0 Å². The Balaban J connectivity index is 2.14. The molecule has 0 aliphatic rings. The summed E-state index contributed by atoms with van der Waals surface area (Å²) in [6.45, 7) is 0. The van der Waals surface area contributed by atoms with Crippen LogP contribution in [-0.2, 0) is 0 Å². The molecule has 0 bridgehead atoms. The van der Waals surface area contributed by atoms with Crippen LogP contribution in [0.2, 0.25) is 0 Å². The van der Waals surface area contributed by atoms with E-state index in [2.05, 4.69) is 20.4 Å². The molecule has 0 spiro atoms. The van der Waals surface area contributed by atoms with Crippen molar-refractivity contribution in [2.75, 3.05) is 12.8 Å². The molecule has 3 N–H and O–H groups in total. The number of hydrogen-bond acceptors (Lipinski definition) is 5. The number of rotatable bonds is 3. The summed E-state index contributed by atoms with van der Waals surface area (Å²) >= 11 is 0. The highest BCUT2D eigenvalue weighted by atomic mass is 16.5. The molecule has 6 heteroatoms. The van der Waals surface area contributed by atoms with Crippen LogP contribution in [0.5, 0.6) is 5.75 Å². The predicted octanol–water partition coefficient (Wildman–Crippen LogP) is 2.42. The number of H-pyrrole nitrogens is 1. The first-order chi connectivity index (χ1) is 7.79. The van der Waals surface area contributed by atoms with E-state index in [9.17, 15) is 0 Å². The van der Waals surface area contributed by atoms with Gasteiger partial charge in [-0.3, -0.25) is 5.10 Å². The van der Waals surface area contributed by atoms with E-state index < -0.39 is 0 Å². The molecular formula is C10H11N5O. The molecule has 16 heavy (non-hydrogen) atoms. The molecule has 82 valence electrons. The monoisotopic (exact) mass is 217 g/mol. The van der Waals surface area contributed by atoms with Crippen LogP contribution < -0.4 is 10.5 Å². The van der Waals surface area contributed by atoms with Crippen LogP contribution in [0, 0.1) is 0 Å². The topological polar surface area (TPSA) is 88.7 Å². The van der Waals surface area contributed by atoms with Crippen molar-refractivity contribution in [3.63, 3.8) is 0 Å². The van der Waals surface area contributed by atoms with Gasteiger partial charge in [0.1, 0.15) is 17.3 Å². The smallest absolute Gasteiger partial charge is 0.147 e. The standard InChI is InChI=1S/C10H11N5O/c1-16-8-4-2-7(3-5-8)13-14-9-6-12-15-10(9)11/h2-6H,1H3,(H3,11,12,15). The molecule has 0 unspecified atom stereocenters. The maximum atomic E-state index is 5.56. The number of nitrogens with zero attached hydrogens (tertiary/aromatic N) is 3. The van der Waals surface area contributed by atoms with Gasteiger partial charge in [0.2, 0.25) is 0 Å². The molecule has 0 radical (unpaired) electrons. The number of nitrogens with two attached hydrogens (primary N) is 1. The van der Waals surface area contributed by atoms with Gasteiger partial charge in [-0.15, -0.1) is 5.11 Å². The Kier molecular flexibility index (Phi) is 2.81. The maximum Gasteiger partial charge on any atom is 0.147 e. The second-order valence-corrected chi connectivity index (χ2v) is 3.07. The van der Waals surface area contributed by atoms with Crippen LogP contribution in [0.3, 0.4) is 0 Å². The van der Waals surface area contributed by atoms with Gasteiger partial charge in [0.25, 0.3) is 0 Å². The lowest BCUT2D eigenvalue weighted by molar-refractivity contribution is 0.415. The van der Waals surface area contributed by atoms with Crippen molar-refractivity contribution in [2.24, 2.45) is 10.2 Å². The number of nitrogen functional groups attached to an aromatic ring is 1. The Morgan fingerprint density at radius 2 is 2.00 bits per heavy atom. The lowest BCUT2D eigenvalue weighted by Crippen LogP contribution is -1.83. The van der Waals surface area contributed by atoms with Crippen LogP contribution in [0.25, 0.3) is 0 Å². The van der Waals surface area contributed by atoms with Gasteiger partial charge in [-0.1, -0.05) is 0 Å². The number of anilines is 1. The van der Waals surface area contributed by atoms with Crippen molar-refractivity contribution in [1.29, 1.82) is 0 Å². The third-order valence-corrected chi connectivity index (χ3v) is 1.99. The van der Waals surface area contributed by atoms with Crippen molar-refractivity contribution < 1.29 is 4.74 Å². The minimum Gasteiger partial charge on any atom is -0.497 e. The lowest BCUT2D eigenvalue weighted by atomic mass is 10.3. The number of benzene rings is 1. The average molecular weight is 217 g/mol. The van der Waals surface area contributed by atoms with Crippen molar-refractivity contribution >= 4 is 17.2 Å². The zero-order valence-electron chi connectivity index (χ0n) is 8.71. The van der Waals surface area contributed by atoms with Crippen LogP contribution >= 0.6 is 0 Å². The fourth-order valence-electron chi connectivity index (χ4n) is 1.13. The summed E-state index contributed by atoms with van der Waals surface area (Å²) in [6, 6.07) is 7.23. The molecule has 0 amide bonds. The summed E-state index contributed by atoms with van der Waals surface area (Å²) < 4.78 is 5.03. The largest absolute Gasteiger partial charge is 0.497 e. The molecule has 0 atom stereocenters. The second-order valence-electron chi connectivity index (χ2n) is 3.07. The predicted molar refractivity (Wildman–Crippen MR) is 60.2 cm³/mol. The second kappa shape index (κ2) is 4.43. The number of ether oxygens (including phenoxy) is 1. The number of aromatic nitrogens is 2. The van der Waals surface area contributed by atoms with Crippen molar-refractivity contribution in [2.45, 2.75) is 0 Å². The normalized spacial score (nSPS) is 10.8. The van der Waals surface area contributed by atoms with E-state index in [4.69, 9.17) is 10.5 Å². The molecule has 1 heterocycles. The molecule has 0 aliphatic carbocycles. The van der Waals surface area contributed by atoms with Gasteiger partial charge in [-0.25, -0.2) is 0 Å². The van der Waals surface area contributed by atoms with E-state index in [0.717, 1.165) is 11.4 Å². The van der Waals surface area contributed by atoms with Crippen LogP contribution in [0.4, 0.5) is 17.2 Å². The maximum absolute atomic E-state index is 5.56. The summed E-state index contributed by atoms with van der Waals surface area (Å²) in [5, 5.41) is 14.3. The molecule has 1 aromatic carbocycles. The zero-order chi connectivity index (χ0) is 11.4. The van der Waals surface area contributed by atoms with Crippen LogP contribution in [0.1, 0.15) is 0 Å². The third kappa shape index (κ3) is 2.17.